The molecule has 0 radical (unpaired) electrons. The number of carboxylic acids is 1. The summed E-state index contributed by atoms with van der Waals surface area (Å²) in [5.74, 6) is -1.98. The molecule has 0 aliphatic carbocycles. The third-order valence-electron chi connectivity index (χ3n) is 4.96. The minimum absolute atomic E-state index is 0.145. The van der Waals surface area contributed by atoms with Crippen molar-refractivity contribution in [1.29, 1.82) is 0 Å². The Morgan fingerprint density at radius 2 is 1.23 bits per heavy atom. The fourth-order valence-electron chi connectivity index (χ4n) is 2.83. The molecule has 1 N–H and O–H groups in total. The molecule has 180 valence electrons. The zero-order valence-electron chi connectivity index (χ0n) is 19.6. The topological polar surface area (TPSA) is 116 Å². The van der Waals surface area contributed by atoms with Crippen molar-refractivity contribution in [3.05, 3.63) is 0 Å². The summed E-state index contributed by atoms with van der Waals surface area (Å²) in [6.45, 7) is 6.67. The van der Waals surface area contributed by atoms with Crippen LogP contribution in [-0.2, 0) is 33.4 Å². The molecule has 31 heavy (non-hydrogen) atoms. The van der Waals surface area contributed by atoms with Crippen LogP contribution in [0.15, 0.2) is 0 Å². The van der Waals surface area contributed by atoms with Crippen LogP contribution in [0.4, 0.5) is 0 Å². The van der Waals surface area contributed by atoms with Crippen LogP contribution < -0.4 is 0 Å². The Balaban J connectivity index is 4.33. The molecule has 0 rings (SSSR count). The average molecular weight is 445 g/mol. The average Bonchev–Trinajstić information content (AvgIpc) is 2.73. The molecule has 0 amide bonds. The summed E-state index contributed by atoms with van der Waals surface area (Å²) in [5.41, 5.74) is -0.705. The van der Waals surface area contributed by atoms with Crippen LogP contribution >= 0.6 is 0 Å². The molecule has 8 heteroatoms. The molecule has 0 bridgehead atoms. The van der Waals surface area contributed by atoms with Gasteiger partial charge in [-0.2, -0.15) is 0 Å². The molecule has 0 saturated heterocycles. The van der Waals surface area contributed by atoms with Crippen LogP contribution in [0.5, 0.6) is 0 Å². The standard InChI is InChI=1S/C23H40O8/c1-5-20(26)29-16-18(17-30-21(27)6-2)31-22(28)23(3,4)15-13-11-9-7-8-10-12-14-19(24)25/h18H,5-17H2,1-4H3,(H,24,25). The highest BCUT2D eigenvalue weighted by molar-refractivity contribution is 5.76. The van der Waals surface area contributed by atoms with E-state index in [9.17, 15) is 19.2 Å². The van der Waals surface area contributed by atoms with Crippen molar-refractivity contribution in [3.8, 4) is 0 Å². The lowest BCUT2D eigenvalue weighted by atomic mass is 9.87. The summed E-state index contributed by atoms with van der Waals surface area (Å²) in [5, 5.41) is 8.61. The lowest BCUT2D eigenvalue weighted by Gasteiger charge is -2.26. The highest BCUT2D eigenvalue weighted by atomic mass is 16.6. The van der Waals surface area contributed by atoms with Crippen molar-refractivity contribution in [1.82, 2.24) is 0 Å². The molecule has 0 fully saturated rings. The van der Waals surface area contributed by atoms with Gasteiger partial charge in [0, 0.05) is 19.3 Å². The molecule has 0 atom stereocenters. The van der Waals surface area contributed by atoms with Crippen molar-refractivity contribution in [2.75, 3.05) is 13.2 Å². The lowest BCUT2D eigenvalue weighted by Crippen LogP contribution is -2.36. The maximum Gasteiger partial charge on any atom is 0.312 e. The van der Waals surface area contributed by atoms with E-state index >= 15 is 0 Å². The van der Waals surface area contributed by atoms with Gasteiger partial charge in [-0.15, -0.1) is 0 Å². The number of carbonyl (C=O) groups is 4. The van der Waals surface area contributed by atoms with Gasteiger partial charge in [0.2, 0.25) is 0 Å². The van der Waals surface area contributed by atoms with E-state index in [1.165, 1.54) is 0 Å². The Morgan fingerprint density at radius 1 is 0.774 bits per heavy atom. The number of rotatable bonds is 18. The highest BCUT2D eigenvalue weighted by Gasteiger charge is 2.31. The summed E-state index contributed by atoms with van der Waals surface area (Å²) in [7, 11) is 0. The fourth-order valence-corrected chi connectivity index (χ4v) is 2.83. The number of hydrogen-bond acceptors (Lipinski definition) is 7. The summed E-state index contributed by atoms with van der Waals surface area (Å²) < 4.78 is 15.6. The van der Waals surface area contributed by atoms with Gasteiger partial charge < -0.3 is 19.3 Å². The first-order valence-electron chi connectivity index (χ1n) is 11.4. The third-order valence-corrected chi connectivity index (χ3v) is 4.96. The lowest BCUT2D eigenvalue weighted by molar-refractivity contribution is -0.173. The molecule has 0 saturated carbocycles. The molecule has 0 heterocycles. The number of carbonyl (C=O) groups excluding carboxylic acids is 3. The van der Waals surface area contributed by atoms with Crippen molar-refractivity contribution in [2.24, 2.45) is 5.41 Å². The molecular formula is C23H40O8. The van der Waals surface area contributed by atoms with E-state index in [2.05, 4.69) is 0 Å². The SMILES string of the molecule is CCC(=O)OCC(COC(=O)CC)OC(=O)C(C)(C)CCCCCCCCCC(=O)O. The summed E-state index contributed by atoms with van der Waals surface area (Å²) in [6, 6.07) is 0. The first-order valence-corrected chi connectivity index (χ1v) is 11.4. The van der Waals surface area contributed by atoms with Crippen LogP contribution in [0.1, 0.15) is 98.3 Å². The van der Waals surface area contributed by atoms with E-state index in [1.807, 2.05) is 13.8 Å². The summed E-state index contributed by atoms with van der Waals surface area (Å²) in [6.07, 6.45) is 7.09. The fraction of sp³-hybridized carbons (Fsp3) is 0.826. The van der Waals surface area contributed by atoms with Gasteiger partial charge in [-0.3, -0.25) is 19.2 Å². The Morgan fingerprint density at radius 3 is 1.68 bits per heavy atom. The van der Waals surface area contributed by atoms with Gasteiger partial charge in [0.1, 0.15) is 13.2 Å². The Hall–Kier alpha value is -2.12. The van der Waals surface area contributed by atoms with Gasteiger partial charge in [0.25, 0.3) is 0 Å². The van der Waals surface area contributed by atoms with Crippen molar-refractivity contribution in [3.63, 3.8) is 0 Å². The van der Waals surface area contributed by atoms with E-state index in [0.29, 0.717) is 6.42 Å². The molecule has 0 aromatic rings. The molecule has 0 aliphatic rings. The van der Waals surface area contributed by atoms with Crippen molar-refractivity contribution >= 4 is 23.9 Å². The van der Waals surface area contributed by atoms with E-state index < -0.39 is 35.4 Å². The Bertz CT molecular complexity index is 536. The maximum atomic E-state index is 12.6. The molecule has 0 aromatic carbocycles. The molecular weight excluding hydrogens is 404 g/mol. The van der Waals surface area contributed by atoms with Crippen LogP contribution in [0.25, 0.3) is 0 Å². The number of carboxylic acid groups (broad SMARTS) is 1. The van der Waals surface area contributed by atoms with Crippen molar-refractivity contribution in [2.45, 2.75) is 104 Å². The van der Waals surface area contributed by atoms with E-state index in [4.69, 9.17) is 19.3 Å². The quantitative estimate of drug-likeness (QED) is 0.187. The van der Waals surface area contributed by atoms with Crippen molar-refractivity contribution < 1.29 is 38.5 Å². The maximum absolute atomic E-state index is 12.6. The molecule has 0 unspecified atom stereocenters. The van der Waals surface area contributed by atoms with Crippen LogP contribution in [0.3, 0.4) is 0 Å². The van der Waals surface area contributed by atoms with Gasteiger partial charge >= 0.3 is 23.9 Å². The Labute approximate surface area is 186 Å². The molecule has 0 aliphatic heterocycles. The number of ether oxygens (including phenoxy) is 3. The molecule has 8 nitrogen and oxygen atoms in total. The predicted octanol–water partition coefficient (Wildman–Crippen LogP) is 4.43. The third kappa shape index (κ3) is 15.3. The van der Waals surface area contributed by atoms with E-state index in [1.54, 1.807) is 13.8 Å². The minimum atomic E-state index is -0.830. The van der Waals surface area contributed by atoms with Gasteiger partial charge in [0.15, 0.2) is 6.10 Å². The Kier molecular flexibility index (Phi) is 15.4. The number of aliphatic carboxylic acids is 1. The number of hydrogen-bond donors (Lipinski definition) is 1. The molecule has 0 aromatic heterocycles. The van der Waals surface area contributed by atoms with Gasteiger partial charge in [-0.1, -0.05) is 52.4 Å². The normalized spacial score (nSPS) is 11.3. The molecule has 0 spiro atoms. The largest absolute Gasteiger partial charge is 0.481 e. The number of esters is 3. The summed E-state index contributed by atoms with van der Waals surface area (Å²) in [4.78, 5) is 45.9. The second-order valence-corrected chi connectivity index (χ2v) is 8.35. The highest BCUT2D eigenvalue weighted by Crippen LogP contribution is 2.26. The second-order valence-electron chi connectivity index (χ2n) is 8.35. The smallest absolute Gasteiger partial charge is 0.312 e. The minimum Gasteiger partial charge on any atom is -0.481 e. The van der Waals surface area contributed by atoms with E-state index in [-0.39, 0.29) is 32.5 Å². The van der Waals surface area contributed by atoms with Gasteiger partial charge in [0.05, 0.1) is 5.41 Å². The van der Waals surface area contributed by atoms with Crippen LogP contribution in [-0.4, -0.2) is 48.3 Å². The first-order chi connectivity index (χ1) is 14.6. The monoisotopic (exact) mass is 444 g/mol. The van der Waals surface area contributed by atoms with Gasteiger partial charge in [-0.05, 0) is 26.7 Å². The van der Waals surface area contributed by atoms with Crippen LogP contribution in [0, 0.1) is 5.41 Å². The first kappa shape index (κ1) is 28.9. The van der Waals surface area contributed by atoms with Crippen LogP contribution in [0.2, 0.25) is 0 Å². The zero-order chi connectivity index (χ0) is 23.7. The number of unbranched alkanes of at least 4 members (excludes halogenated alkanes) is 6. The van der Waals surface area contributed by atoms with E-state index in [0.717, 1.165) is 44.9 Å². The van der Waals surface area contributed by atoms with Gasteiger partial charge in [-0.25, -0.2) is 0 Å². The zero-order valence-corrected chi connectivity index (χ0v) is 19.6. The second kappa shape index (κ2) is 16.6. The summed E-state index contributed by atoms with van der Waals surface area (Å²) >= 11 is 0. The predicted molar refractivity (Wildman–Crippen MR) is 115 cm³/mol.